The Labute approximate surface area is 120 Å². The lowest BCUT2D eigenvalue weighted by Crippen LogP contribution is -2.38. The van der Waals surface area contributed by atoms with Crippen LogP contribution in [0.15, 0.2) is 24.4 Å². The quantitative estimate of drug-likeness (QED) is 0.893. The van der Waals surface area contributed by atoms with Gasteiger partial charge in [0, 0.05) is 30.2 Å². The second-order valence-corrected chi connectivity index (χ2v) is 6.05. The minimum Gasteiger partial charge on any atom is -0.361 e. The number of benzene rings is 1. The van der Waals surface area contributed by atoms with E-state index in [2.05, 4.69) is 31.0 Å². The molecule has 20 heavy (non-hydrogen) atoms. The van der Waals surface area contributed by atoms with Gasteiger partial charge < -0.3 is 9.88 Å². The molecule has 3 heteroatoms. The number of carbonyl (C=O) groups excluding carboxylic acids is 1. The van der Waals surface area contributed by atoms with Crippen LogP contribution in [0.5, 0.6) is 0 Å². The molecule has 106 valence electrons. The first-order chi connectivity index (χ1) is 9.65. The van der Waals surface area contributed by atoms with Gasteiger partial charge in [0.25, 0.3) is 0 Å². The molecule has 1 saturated heterocycles. The Morgan fingerprint density at radius 1 is 1.35 bits per heavy atom. The topological polar surface area (TPSA) is 36.1 Å². The van der Waals surface area contributed by atoms with E-state index < -0.39 is 0 Å². The average molecular weight is 270 g/mol. The average Bonchev–Trinajstić information content (AvgIpc) is 2.84. The molecule has 1 amide bonds. The number of aromatic nitrogens is 1. The van der Waals surface area contributed by atoms with Crippen LogP contribution in [0.2, 0.25) is 0 Å². The summed E-state index contributed by atoms with van der Waals surface area (Å²) in [5.74, 6) is 1.02. The molecule has 0 aliphatic carbocycles. The van der Waals surface area contributed by atoms with Gasteiger partial charge in [0.1, 0.15) is 0 Å². The number of fused-ring (bicyclic) bond motifs is 1. The number of likely N-dealkylation sites (tertiary alicyclic amines) is 1. The Balaban J connectivity index is 1.78. The van der Waals surface area contributed by atoms with E-state index in [1.807, 2.05) is 17.2 Å². The SMILES string of the molecule is Cc1cccc2[nH]cc(CC(=O)N3CCC(C)CC3)c12. The number of aromatic amines is 1. The number of hydrogen-bond acceptors (Lipinski definition) is 1. The Kier molecular flexibility index (Phi) is 3.51. The normalized spacial score (nSPS) is 16.8. The van der Waals surface area contributed by atoms with Crippen LogP contribution in [0.25, 0.3) is 10.9 Å². The number of nitrogens with zero attached hydrogens (tertiary/aromatic N) is 1. The lowest BCUT2D eigenvalue weighted by molar-refractivity contribution is -0.131. The van der Waals surface area contributed by atoms with Crippen molar-refractivity contribution >= 4 is 16.8 Å². The highest BCUT2D eigenvalue weighted by Gasteiger charge is 2.21. The number of hydrogen-bond donors (Lipinski definition) is 1. The summed E-state index contributed by atoms with van der Waals surface area (Å²) >= 11 is 0. The van der Waals surface area contributed by atoms with Gasteiger partial charge in [-0.05, 0) is 42.9 Å². The molecule has 0 unspecified atom stereocenters. The van der Waals surface area contributed by atoms with Crippen molar-refractivity contribution < 1.29 is 4.79 Å². The molecule has 2 aromatic rings. The second-order valence-electron chi connectivity index (χ2n) is 6.05. The Morgan fingerprint density at radius 3 is 2.85 bits per heavy atom. The maximum absolute atomic E-state index is 12.4. The molecule has 1 N–H and O–H groups in total. The molecule has 1 aromatic heterocycles. The molecule has 0 bridgehead atoms. The van der Waals surface area contributed by atoms with Gasteiger partial charge in [-0.15, -0.1) is 0 Å². The number of carbonyl (C=O) groups is 1. The van der Waals surface area contributed by atoms with Crippen molar-refractivity contribution in [3.05, 3.63) is 35.5 Å². The molecule has 2 heterocycles. The molecule has 1 fully saturated rings. The molecule has 1 aliphatic rings. The first-order valence-corrected chi connectivity index (χ1v) is 7.48. The molecule has 0 saturated carbocycles. The summed E-state index contributed by atoms with van der Waals surface area (Å²) in [7, 11) is 0. The maximum atomic E-state index is 12.4. The first-order valence-electron chi connectivity index (χ1n) is 7.48. The Bertz CT molecular complexity index is 621. The van der Waals surface area contributed by atoms with Gasteiger partial charge in [-0.1, -0.05) is 19.1 Å². The summed E-state index contributed by atoms with van der Waals surface area (Å²) in [6.45, 7) is 6.21. The van der Waals surface area contributed by atoms with Crippen LogP contribution in [-0.4, -0.2) is 28.9 Å². The smallest absolute Gasteiger partial charge is 0.227 e. The zero-order chi connectivity index (χ0) is 14.1. The number of nitrogens with one attached hydrogen (secondary N) is 1. The van der Waals surface area contributed by atoms with Crippen molar-refractivity contribution in [2.24, 2.45) is 5.92 Å². The van der Waals surface area contributed by atoms with Gasteiger partial charge in [0.05, 0.1) is 6.42 Å². The van der Waals surface area contributed by atoms with Crippen LogP contribution < -0.4 is 0 Å². The van der Waals surface area contributed by atoms with Crippen LogP contribution >= 0.6 is 0 Å². The third-order valence-electron chi connectivity index (χ3n) is 4.47. The van der Waals surface area contributed by atoms with E-state index in [0.717, 1.165) is 42.9 Å². The van der Waals surface area contributed by atoms with E-state index in [-0.39, 0.29) is 5.91 Å². The zero-order valence-corrected chi connectivity index (χ0v) is 12.3. The summed E-state index contributed by atoms with van der Waals surface area (Å²) in [5, 5.41) is 1.21. The Hall–Kier alpha value is -1.77. The van der Waals surface area contributed by atoms with E-state index in [0.29, 0.717) is 6.42 Å². The number of amides is 1. The molecule has 1 aromatic carbocycles. The van der Waals surface area contributed by atoms with Gasteiger partial charge in [0.15, 0.2) is 0 Å². The van der Waals surface area contributed by atoms with E-state index in [1.54, 1.807) is 0 Å². The van der Waals surface area contributed by atoms with Crippen molar-refractivity contribution in [1.29, 1.82) is 0 Å². The van der Waals surface area contributed by atoms with E-state index >= 15 is 0 Å². The highest BCUT2D eigenvalue weighted by atomic mass is 16.2. The van der Waals surface area contributed by atoms with Gasteiger partial charge >= 0.3 is 0 Å². The minimum absolute atomic E-state index is 0.265. The summed E-state index contributed by atoms with van der Waals surface area (Å²) in [6.07, 6.45) is 4.78. The van der Waals surface area contributed by atoms with Gasteiger partial charge in [-0.25, -0.2) is 0 Å². The standard InChI is InChI=1S/C17H22N2O/c1-12-6-8-19(9-7-12)16(20)10-14-11-18-15-5-3-4-13(2)17(14)15/h3-5,11-12,18H,6-10H2,1-2H3. The van der Waals surface area contributed by atoms with E-state index in [9.17, 15) is 4.79 Å². The first kappa shape index (κ1) is 13.2. The number of rotatable bonds is 2. The molecule has 0 radical (unpaired) electrons. The summed E-state index contributed by atoms with van der Waals surface area (Å²) in [6, 6.07) is 6.22. The van der Waals surface area contributed by atoms with E-state index in [1.165, 1.54) is 10.9 Å². The minimum atomic E-state index is 0.265. The number of piperidine rings is 1. The summed E-state index contributed by atoms with van der Waals surface area (Å²) < 4.78 is 0. The lowest BCUT2D eigenvalue weighted by atomic mass is 9.98. The fourth-order valence-electron chi connectivity index (χ4n) is 3.12. The molecule has 1 aliphatic heterocycles. The van der Waals surface area contributed by atoms with Crippen LogP contribution in [0.4, 0.5) is 0 Å². The molecular weight excluding hydrogens is 248 g/mol. The fourth-order valence-corrected chi connectivity index (χ4v) is 3.12. The van der Waals surface area contributed by atoms with Crippen molar-refractivity contribution in [2.45, 2.75) is 33.1 Å². The Morgan fingerprint density at radius 2 is 2.10 bits per heavy atom. The van der Waals surface area contributed by atoms with Crippen LogP contribution in [0.1, 0.15) is 30.9 Å². The molecule has 3 nitrogen and oxygen atoms in total. The van der Waals surface area contributed by atoms with Crippen LogP contribution in [-0.2, 0) is 11.2 Å². The zero-order valence-electron chi connectivity index (χ0n) is 12.3. The fraction of sp³-hybridized carbons (Fsp3) is 0.471. The largest absolute Gasteiger partial charge is 0.361 e. The van der Waals surface area contributed by atoms with Crippen molar-refractivity contribution in [1.82, 2.24) is 9.88 Å². The van der Waals surface area contributed by atoms with Gasteiger partial charge in [-0.2, -0.15) is 0 Å². The monoisotopic (exact) mass is 270 g/mol. The maximum Gasteiger partial charge on any atom is 0.227 e. The summed E-state index contributed by atoms with van der Waals surface area (Å²) in [4.78, 5) is 17.7. The van der Waals surface area contributed by atoms with Crippen LogP contribution in [0, 0.1) is 12.8 Å². The molecule has 0 atom stereocenters. The molecule has 3 rings (SSSR count). The predicted molar refractivity (Wildman–Crippen MR) is 81.7 cm³/mol. The summed E-state index contributed by atoms with van der Waals surface area (Å²) in [5.41, 5.74) is 3.49. The van der Waals surface area contributed by atoms with Crippen molar-refractivity contribution in [3.63, 3.8) is 0 Å². The molecular formula is C17H22N2O. The van der Waals surface area contributed by atoms with Gasteiger partial charge in [0.2, 0.25) is 5.91 Å². The highest BCUT2D eigenvalue weighted by Crippen LogP contribution is 2.24. The number of aryl methyl sites for hydroxylation is 1. The third-order valence-corrected chi connectivity index (χ3v) is 4.47. The second kappa shape index (κ2) is 5.31. The predicted octanol–water partition coefficient (Wildman–Crippen LogP) is 3.28. The number of H-pyrrole nitrogens is 1. The molecule has 0 spiro atoms. The third kappa shape index (κ3) is 2.45. The van der Waals surface area contributed by atoms with E-state index in [4.69, 9.17) is 0 Å². The van der Waals surface area contributed by atoms with Gasteiger partial charge in [-0.3, -0.25) is 4.79 Å². The van der Waals surface area contributed by atoms with Crippen LogP contribution in [0.3, 0.4) is 0 Å². The van der Waals surface area contributed by atoms with Crippen molar-refractivity contribution in [2.75, 3.05) is 13.1 Å². The lowest BCUT2D eigenvalue weighted by Gasteiger charge is -2.30. The van der Waals surface area contributed by atoms with Crippen molar-refractivity contribution in [3.8, 4) is 0 Å². The highest BCUT2D eigenvalue weighted by molar-refractivity contribution is 5.91.